The van der Waals surface area contributed by atoms with Gasteiger partial charge < -0.3 is 19.8 Å². The molecule has 0 aliphatic rings. The van der Waals surface area contributed by atoms with Gasteiger partial charge in [0, 0.05) is 6.54 Å². The van der Waals surface area contributed by atoms with Crippen molar-refractivity contribution in [3.63, 3.8) is 0 Å². The highest BCUT2D eigenvalue weighted by Crippen LogP contribution is 2.18. The van der Waals surface area contributed by atoms with Crippen LogP contribution in [0, 0.1) is 11.3 Å². The first-order chi connectivity index (χ1) is 11.5. The summed E-state index contributed by atoms with van der Waals surface area (Å²) in [6, 6.07) is 0. The monoisotopic (exact) mass is 354 g/mol. The number of hydrogen-bond acceptors (Lipinski definition) is 6. The quantitative estimate of drug-likeness (QED) is 0.281. The summed E-state index contributed by atoms with van der Waals surface area (Å²) in [6.45, 7) is 12.4. The highest BCUT2D eigenvalue weighted by molar-refractivity contribution is 5.99. The molecule has 25 heavy (non-hydrogen) atoms. The van der Waals surface area contributed by atoms with Crippen molar-refractivity contribution in [3.8, 4) is 0 Å². The zero-order chi connectivity index (χ0) is 19.6. The number of carbonyl (C=O) groups excluding carboxylic acids is 3. The number of carbonyl (C=O) groups is 3. The molecule has 0 heterocycles. The minimum absolute atomic E-state index is 0.140. The molecular weight excluding hydrogens is 324 g/mol. The molecule has 0 saturated carbocycles. The van der Waals surface area contributed by atoms with Crippen LogP contribution >= 0.6 is 0 Å². The van der Waals surface area contributed by atoms with E-state index in [1.54, 1.807) is 34.6 Å². The molecule has 0 radical (unpaired) electrons. The predicted octanol–water partition coefficient (Wildman–Crippen LogP) is 2.34. The Bertz CT molecular complexity index is 508. The minimum Gasteiger partial charge on any atom is -0.465 e. The van der Waals surface area contributed by atoms with Crippen molar-refractivity contribution in [2.45, 2.75) is 53.1 Å². The molecule has 0 saturated heterocycles. The normalized spacial score (nSPS) is 12.0. The Balaban J connectivity index is 5.40. The van der Waals surface area contributed by atoms with Gasteiger partial charge in [-0.25, -0.2) is 0 Å². The summed E-state index contributed by atoms with van der Waals surface area (Å²) in [7, 11) is 0. The van der Waals surface area contributed by atoms with Crippen LogP contribution in [0.2, 0.25) is 0 Å². The third-order valence-electron chi connectivity index (χ3n) is 2.99. The van der Waals surface area contributed by atoms with Crippen LogP contribution in [0.5, 0.6) is 0 Å². The van der Waals surface area contributed by atoms with E-state index in [0.29, 0.717) is 5.57 Å². The molecule has 1 amide bonds. The fraction of sp³-hybridized carbons (Fsp3) is 0.667. The molecule has 1 atom stereocenters. The predicted molar refractivity (Wildman–Crippen MR) is 95.4 cm³/mol. The number of ether oxygens (including phenoxy) is 2. The number of hydrogen-bond donors (Lipinski definition) is 1. The molecule has 1 N–H and O–H groups in total. The lowest BCUT2D eigenvalue weighted by Crippen LogP contribution is -2.45. The topological polar surface area (TPSA) is 96.8 Å². The molecule has 7 heteroatoms. The van der Waals surface area contributed by atoms with Gasteiger partial charge in [0.25, 0.3) is 0 Å². The van der Waals surface area contributed by atoms with E-state index >= 15 is 0 Å². The third-order valence-corrected chi connectivity index (χ3v) is 2.99. The van der Waals surface area contributed by atoms with Crippen LogP contribution in [-0.4, -0.2) is 54.3 Å². The fourth-order valence-electron chi connectivity index (χ4n) is 2.09. The summed E-state index contributed by atoms with van der Waals surface area (Å²) in [6.07, 6.45) is 1.54. The SMILES string of the molecule is C=C(C)CN(CC(=O)OCC)C(=O)C(CCC=N)C(=O)OC(C)(C)C. The maximum Gasteiger partial charge on any atom is 0.325 e. The Morgan fingerprint density at radius 1 is 1.24 bits per heavy atom. The van der Waals surface area contributed by atoms with Gasteiger partial charge in [0.05, 0.1) is 6.61 Å². The average Bonchev–Trinajstić information content (AvgIpc) is 2.44. The number of rotatable bonds is 10. The number of nitrogens with zero attached hydrogens (tertiary/aromatic N) is 1. The number of amides is 1. The second-order valence-corrected chi connectivity index (χ2v) is 6.82. The third kappa shape index (κ3) is 9.64. The zero-order valence-corrected chi connectivity index (χ0v) is 15.9. The standard InChI is InChI=1S/C18H30N2O5/c1-7-24-15(21)12-20(11-13(2)3)16(22)14(9-8-10-19)17(23)25-18(4,5)6/h10,14,19H,2,7-9,11-12H2,1,3-6H3. The Kier molecular flexibility index (Phi) is 9.71. The van der Waals surface area contributed by atoms with Crippen LogP contribution in [0.25, 0.3) is 0 Å². The Hall–Kier alpha value is -2.18. The smallest absolute Gasteiger partial charge is 0.325 e. The van der Waals surface area contributed by atoms with Crippen LogP contribution in [0.3, 0.4) is 0 Å². The maximum absolute atomic E-state index is 12.9. The van der Waals surface area contributed by atoms with Crippen molar-refractivity contribution < 1.29 is 23.9 Å². The summed E-state index contributed by atoms with van der Waals surface area (Å²) in [4.78, 5) is 38.3. The molecule has 0 aliphatic heterocycles. The molecule has 0 fully saturated rings. The van der Waals surface area contributed by atoms with Crippen LogP contribution in [0.4, 0.5) is 0 Å². The molecule has 0 bridgehead atoms. The first kappa shape index (κ1) is 22.8. The molecule has 0 aromatic carbocycles. The summed E-state index contributed by atoms with van der Waals surface area (Å²) >= 11 is 0. The van der Waals surface area contributed by atoms with Crippen LogP contribution in [0.15, 0.2) is 12.2 Å². The Morgan fingerprint density at radius 2 is 1.84 bits per heavy atom. The molecule has 0 aliphatic carbocycles. The van der Waals surface area contributed by atoms with E-state index in [1.807, 2.05) is 0 Å². The second-order valence-electron chi connectivity index (χ2n) is 6.82. The van der Waals surface area contributed by atoms with Crippen molar-refractivity contribution >= 4 is 24.1 Å². The van der Waals surface area contributed by atoms with Crippen LogP contribution < -0.4 is 0 Å². The van der Waals surface area contributed by atoms with E-state index in [2.05, 4.69) is 6.58 Å². The van der Waals surface area contributed by atoms with E-state index in [0.717, 1.165) is 6.21 Å². The summed E-state index contributed by atoms with van der Waals surface area (Å²) in [5.74, 6) is -2.80. The van der Waals surface area contributed by atoms with Crippen molar-refractivity contribution in [1.82, 2.24) is 4.90 Å². The highest BCUT2D eigenvalue weighted by atomic mass is 16.6. The molecule has 0 aromatic rings. The molecule has 0 spiro atoms. The van der Waals surface area contributed by atoms with Gasteiger partial charge in [-0.15, -0.1) is 0 Å². The maximum atomic E-state index is 12.9. The first-order valence-corrected chi connectivity index (χ1v) is 8.32. The van der Waals surface area contributed by atoms with Crippen LogP contribution in [-0.2, 0) is 23.9 Å². The van der Waals surface area contributed by atoms with Crippen LogP contribution in [0.1, 0.15) is 47.5 Å². The van der Waals surface area contributed by atoms with E-state index < -0.39 is 29.4 Å². The van der Waals surface area contributed by atoms with E-state index in [4.69, 9.17) is 14.9 Å². The fourth-order valence-corrected chi connectivity index (χ4v) is 2.09. The van der Waals surface area contributed by atoms with Gasteiger partial charge in [-0.1, -0.05) is 12.2 Å². The lowest BCUT2D eigenvalue weighted by Gasteiger charge is -2.28. The molecule has 0 aromatic heterocycles. The van der Waals surface area contributed by atoms with Gasteiger partial charge in [-0.05, 0) is 53.7 Å². The highest BCUT2D eigenvalue weighted by Gasteiger charge is 2.34. The van der Waals surface area contributed by atoms with Gasteiger partial charge in [0.2, 0.25) is 5.91 Å². The lowest BCUT2D eigenvalue weighted by atomic mass is 10.0. The van der Waals surface area contributed by atoms with Gasteiger partial charge in [0.1, 0.15) is 18.1 Å². The lowest BCUT2D eigenvalue weighted by molar-refractivity contribution is -0.166. The van der Waals surface area contributed by atoms with Crippen molar-refractivity contribution in [1.29, 1.82) is 5.41 Å². The number of nitrogens with one attached hydrogen (secondary N) is 1. The zero-order valence-electron chi connectivity index (χ0n) is 15.9. The molecule has 7 nitrogen and oxygen atoms in total. The Labute approximate surface area is 149 Å². The van der Waals surface area contributed by atoms with Gasteiger partial charge >= 0.3 is 11.9 Å². The number of esters is 2. The van der Waals surface area contributed by atoms with Crippen molar-refractivity contribution in [2.75, 3.05) is 19.7 Å². The first-order valence-electron chi connectivity index (χ1n) is 8.32. The Morgan fingerprint density at radius 3 is 2.28 bits per heavy atom. The minimum atomic E-state index is -1.07. The molecule has 1 unspecified atom stereocenters. The summed E-state index contributed by atoms with van der Waals surface area (Å²) in [5.41, 5.74) is -0.0618. The van der Waals surface area contributed by atoms with Gasteiger partial charge in [0.15, 0.2) is 0 Å². The summed E-state index contributed by atoms with van der Waals surface area (Å²) < 4.78 is 10.2. The molecule has 0 rings (SSSR count). The van der Waals surface area contributed by atoms with E-state index in [9.17, 15) is 14.4 Å². The van der Waals surface area contributed by atoms with Crippen molar-refractivity contribution in [3.05, 3.63) is 12.2 Å². The van der Waals surface area contributed by atoms with E-state index in [-0.39, 0.29) is 32.5 Å². The second kappa shape index (κ2) is 10.6. The van der Waals surface area contributed by atoms with Gasteiger partial charge in [-0.2, -0.15) is 0 Å². The average molecular weight is 354 g/mol. The largest absolute Gasteiger partial charge is 0.465 e. The van der Waals surface area contributed by atoms with Gasteiger partial charge in [-0.3, -0.25) is 14.4 Å². The summed E-state index contributed by atoms with van der Waals surface area (Å²) in [5, 5.41) is 7.16. The van der Waals surface area contributed by atoms with E-state index in [1.165, 1.54) is 4.90 Å². The van der Waals surface area contributed by atoms with Crippen molar-refractivity contribution in [2.24, 2.45) is 5.92 Å². The molecular formula is C18H30N2O5. The molecule has 142 valence electrons.